The second-order valence-electron chi connectivity index (χ2n) is 11.4. The first-order chi connectivity index (χ1) is 19.8. The highest BCUT2D eigenvalue weighted by Gasteiger charge is 2.34. The molecule has 0 aliphatic rings. The van der Waals surface area contributed by atoms with Crippen LogP contribution in [-0.4, -0.2) is 54.6 Å². The third kappa shape index (κ3) is 8.06. The van der Waals surface area contributed by atoms with Crippen molar-refractivity contribution in [3.8, 4) is 0 Å². The number of carbonyl (C=O) groups excluding carboxylic acids is 2. The summed E-state index contributed by atoms with van der Waals surface area (Å²) in [6.45, 7) is 5.34. The lowest BCUT2D eigenvalue weighted by Gasteiger charge is -2.34. The van der Waals surface area contributed by atoms with E-state index in [1.807, 2.05) is 99.6 Å². The summed E-state index contributed by atoms with van der Waals surface area (Å²) in [5, 5.41) is 4.73. The van der Waals surface area contributed by atoms with Crippen LogP contribution < -0.4 is 5.32 Å². The predicted molar refractivity (Wildman–Crippen MR) is 170 cm³/mol. The number of nitrogens with one attached hydrogen (secondary N) is 1. The van der Waals surface area contributed by atoms with Crippen LogP contribution in [0.1, 0.15) is 31.9 Å². The predicted octanol–water partition coefficient (Wildman–Crippen LogP) is 5.78. The van der Waals surface area contributed by atoms with Gasteiger partial charge in [0.1, 0.15) is 6.04 Å². The number of benzene rings is 4. The number of nitrogens with zero attached hydrogens (tertiary/aromatic N) is 2. The average Bonchev–Trinajstić information content (AvgIpc) is 2.94. The number of halogens is 1. The van der Waals surface area contributed by atoms with E-state index in [0.717, 1.165) is 30.7 Å². The highest BCUT2D eigenvalue weighted by Crippen LogP contribution is 2.23. The standard InChI is InChI=1S/C33H36BrN3O4S/c1-33(2,3)35-32(39)30(20-24-11-6-5-7-12-24)37(22-25-13-10-16-28(34)19-25)31(38)23-36(4)42(40,41)29-18-17-26-14-8-9-15-27(26)21-29/h5-19,21,30H,20,22-23H2,1-4H3,(H,35,39)/t30-/m1/s1. The summed E-state index contributed by atoms with van der Waals surface area (Å²) in [5.41, 5.74) is 1.15. The zero-order valence-corrected chi connectivity index (χ0v) is 26.7. The minimum Gasteiger partial charge on any atom is -0.350 e. The second kappa shape index (κ2) is 13.2. The molecule has 0 aliphatic heterocycles. The number of hydrogen-bond acceptors (Lipinski definition) is 4. The molecule has 0 saturated carbocycles. The molecule has 1 N–H and O–H groups in total. The summed E-state index contributed by atoms with van der Waals surface area (Å²) < 4.78 is 29.1. The molecule has 0 saturated heterocycles. The molecular weight excluding hydrogens is 614 g/mol. The fraction of sp³-hybridized carbons (Fsp3) is 0.273. The van der Waals surface area contributed by atoms with Gasteiger partial charge in [0.2, 0.25) is 21.8 Å². The SMILES string of the molecule is CN(CC(=O)N(Cc1cccc(Br)c1)[C@H](Cc1ccccc1)C(=O)NC(C)(C)C)S(=O)(=O)c1ccc2ccccc2c1. The van der Waals surface area contributed by atoms with Gasteiger partial charge in [-0.15, -0.1) is 0 Å². The van der Waals surface area contributed by atoms with Crippen LogP contribution in [-0.2, 0) is 32.6 Å². The van der Waals surface area contributed by atoms with Gasteiger partial charge < -0.3 is 10.2 Å². The van der Waals surface area contributed by atoms with Crippen LogP contribution in [0.25, 0.3) is 10.8 Å². The Hall–Kier alpha value is -3.53. The van der Waals surface area contributed by atoms with Gasteiger partial charge in [-0.05, 0) is 66.9 Å². The topological polar surface area (TPSA) is 86.8 Å². The number of carbonyl (C=O) groups is 2. The van der Waals surface area contributed by atoms with E-state index in [2.05, 4.69) is 21.2 Å². The van der Waals surface area contributed by atoms with E-state index >= 15 is 0 Å². The number of fused-ring (bicyclic) bond motifs is 1. The third-order valence-electron chi connectivity index (χ3n) is 6.80. The zero-order chi connectivity index (χ0) is 30.5. The molecule has 42 heavy (non-hydrogen) atoms. The number of amides is 2. The molecule has 4 aromatic carbocycles. The Morgan fingerprint density at radius 2 is 1.48 bits per heavy atom. The quantitative estimate of drug-likeness (QED) is 0.236. The van der Waals surface area contributed by atoms with Crippen LogP contribution >= 0.6 is 15.9 Å². The summed E-state index contributed by atoms with van der Waals surface area (Å²) in [4.78, 5) is 29.4. The molecule has 0 aliphatic carbocycles. The summed E-state index contributed by atoms with van der Waals surface area (Å²) in [5.74, 6) is -0.790. The molecule has 1 atom stereocenters. The van der Waals surface area contributed by atoms with Gasteiger partial charge in [0.25, 0.3) is 0 Å². The van der Waals surface area contributed by atoms with E-state index in [1.54, 1.807) is 18.2 Å². The van der Waals surface area contributed by atoms with E-state index < -0.39 is 34.1 Å². The van der Waals surface area contributed by atoms with E-state index in [4.69, 9.17) is 0 Å². The largest absolute Gasteiger partial charge is 0.350 e. The fourth-order valence-electron chi connectivity index (χ4n) is 4.71. The molecule has 2 amide bonds. The van der Waals surface area contributed by atoms with Crippen LogP contribution in [0.5, 0.6) is 0 Å². The van der Waals surface area contributed by atoms with Crippen molar-refractivity contribution in [2.45, 2.75) is 50.2 Å². The lowest BCUT2D eigenvalue weighted by molar-refractivity contribution is -0.141. The highest BCUT2D eigenvalue weighted by atomic mass is 79.9. The zero-order valence-electron chi connectivity index (χ0n) is 24.2. The number of rotatable bonds is 10. The van der Waals surface area contributed by atoms with E-state index in [9.17, 15) is 18.0 Å². The molecular formula is C33H36BrN3O4S. The minimum atomic E-state index is -3.99. The first kappa shape index (κ1) is 31.4. The Morgan fingerprint density at radius 1 is 0.833 bits per heavy atom. The van der Waals surface area contributed by atoms with Crippen molar-refractivity contribution in [2.24, 2.45) is 0 Å². The van der Waals surface area contributed by atoms with E-state index in [0.29, 0.717) is 0 Å². The van der Waals surface area contributed by atoms with Gasteiger partial charge in [-0.25, -0.2) is 8.42 Å². The van der Waals surface area contributed by atoms with Crippen molar-refractivity contribution in [3.05, 3.63) is 113 Å². The maximum absolute atomic E-state index is 14.1. The average molecular weight is 651 g/mol. The first-order valence-corrected chi connectivity index (χ1v) is 15.9. The maximum Gasteiger partial charge on any atom is 0.243 e. The van der Waals surface area contributed by atoms with Crippen molar-refractivity contribution >= 4 is 48.5 Å². The second-order valence-corrected chi connectivity index (χ2v) is 14.3. The van der Waals surface area contributed by atoms with Crippen molar-refractivity contribution in [2.75, 3.05) is 13.6 Å². The molecule has 0 aromatic heterocycles. The monoisotopic (exact) mass is 649 g/mol. The molecule has 0 heterocycles. The van der Waals surface area contributed by atoms with Crippen molar-refractivity contribution < 1.29 is 18.0 Å². The Kier molecular flexibility index (Phi) is 9.86. The van der Waals surface area contributed by atoms with Crippen LogP contribution in [0, 0.1) is 0 Å². The number of likely N-dealkylation sites (N-methyl/N-ethyl adjacent to an activating group) is 1. The van der Waals surface area contributed by atoms with E-state index in [1.165, 1.54) is 11.9 Å². The van der Waals surface area contributed by atoms with Crippen molar-refractivity contribution in [1.82, 2.24) is 14.5 Å². The summed E-state index contributed by atoms with van der Waals surface area (Å²) in [6, 6.07) is 28.5. The maximum atomic E-state index is 14.1. The summed E-state index contributed by atoms with van der Waals surface area (Å²) in [6.07, 6.45) is 0.267. The Balaban J connectivity index is 1.69. The lowest BCUT2D eigenvalue weighted by atomic mass is 10.0. The Bertz CT molecular complexity index is 1670. The molecule has 0 bridgehead atoms. The Morgan fingerprint density at radius 3 is 2.14 bits per heavy atom. The lowest BCUT2D eigenvalue weighted by Crippen LogP contribution is -2.56. The van der Waals surface area contributed by atoms with Crippen molar-refractivity contribution in [1.29, 1.82) is 0 Å². The summed E-state index contributed by atoms with van der Waals surface area (Å²) >= 11 is 3.49. The minimum absolute atomic E-state index is 0.0985. The van der Waals surface area contributed by atoms with Gasteiger partial charge in [0.15, 0.2) is 0 Å². The molecule has 0 fully saturated rings. The third-order valence-corrected chi connectivity index (χ3v) is 9.09. The number of hydrogen-bond donors (Lipinski definition) is 1. The molecule has 0 radical (unpaired) electrons. The van der Waals surface area contributed by atoms with Gasteiger partial charge >= 0.3 is 0 Å². The van der Waals surface area contributed by atoms with Gasteiger partial charge in [0, 0.05) is 30.0 Å². The molecule has 220 valence electrons. The van der Waals surface area contributed by atoms with Gasteiger partial charge in [-0.1, -0.05) is 88.7 Å². The molecule has 4 aromatic rings. The van der Waals surface area contributed by atoms with Gasteiger partial charge in [0.05, 0.1) is 11.4 Å². The van der Waals surface area contributed by atoms with E-state index in [-0.39, 0.29) is 23.8 Å². The molecule has 0 unspecified atom stereocenters. The molecule has 7 nitrogen and oxygen atoms in total. The highest BCUT2D eigenvalue weighted by molar-refractivity contribution is 9.10. The van der Waals surface area contributed by atoms with Gasteiger partial charge in [-0.3, -0.25) is 9.59 Å². The van der Waals surface area contributed by atoms with Crippen LogP contribution in [0.15, 0.2) is 106 Å². The van der Waals surface area contributed by atoms with Crippen LogP contribution in [0.3, 0.4) is 0 Å². The first-order valence-electron chi connectivity index (χ1n) is 13.7. The van der Waals surface area contributed by atoms with Crippen molar-refractivity contribution in [3.63, 3.8) is 0 Å². The summed E-state index contributed by atoms with van der Waals surface area (Å²) in [7, 11) is -2.60. The Labute approximate surface area is 256 Å². The molecule has 9 heteroatoms. The van der Waals surface area contributed by atoms with Gasteiger partial charge in [-0.2, -0.15) is 4.31 Å². The molecule has 0 spiro atoms. The fourth-order valence-corrected chi connectivity index (χ4v) is 6.32. The normalized spacial score (nSPS) is 12.7. The van der Waals surface area contributed by atoms with Crippen LogP contribution in [0.4, 0.5) is 0 Å². The van der Waals surface area contributed by atoms with Crippen LogP contribution in [0.2, 0.25) is 0 Å². The smallest absolute Gasteiger partial charge is 0.243 e. The number of sulfonamides is 1. The molecule has 4 rings (SSSR count).